The van der Waals surface area contributed by atoms with E-state index in [0.717, 1.165) is 0 Å². The van der Waals surface area contributed by atoms with E-state index in [9.17, 15) is 14.4 Å². The Morgan fingerprint density at radius 2 is 1.50 bits per heavy atom. The van der Waals surface area contributed by atoms with Gasteiger partial charge in [-0.25, -0.2) is 0 Å². The Morgan fingerprint density at radius 3 is 1.81 bits per heavy atom. The standard InChI is InChI=1S/C9H14O7/c10-2-1-7(8(13)15-5-3-11)9(14)16-6-4-12/h2,7,11-12H,1,3-6H2. The Balaban J connectivity index is 4.28. The van der Waals surface area contributed by atoms with Crippen LogP contribution in [0.1, 0.15) is 6.42 Å². The van der Waals surface area contributed by atoms with Crippen LogP contribution in [0.4, 0.5) is 0 Å². The first-order valence-corrected chi connectivity index (χ1v) is 4.66. The van der Waals surface area contributed by atoms with E-state index >= 15 is 0 Å². The Kier molecular flexibility index (Phi) is 8.00. The van der Waals surface area contributed by atoms with Crippen LogP contribution in [0.25, 0.3) is 0 Å². The largest absolute Gasteiger partial charge is 0.463 e. The van der Waals surface area contributed by atoms with Crippen molar-refractivity contribution in [1.29, 1.82) is 0 Å². The van der Waals surface area contributed by atoms with Crippen LogP contribution in [0.15, 0.2) is 0 Å². The lowest BCUT2D eigenvalue weighted by atomic mass is 10.1. The molecular formula is C9H14O7. The summed E-state index contributed by atoms with van der Waals surface area (Å²) in [4.78, 5) is 32.7. The van der Waals surface area contributed by atoms with Gasteiger partial charge in [-0.15, -0.1) is 0 Å². The third kappa shape index (κ3) is 5.42. The van der Waals surface area contributed by atoms with Gasteiger partial charge in [0.1, 0.15) is 19.5 Å². The van der Waals surface area contributed by atoms with Gasteiger partial charge in [0.15, 0.2) is 5.92 Å². The maximum Gasteiger partial charge on any atom is 0.320 e. The number of rotatable bonds is 8. The minimum absolute atomic E-state index is 0.249. The van der Waals surface area contributed by atoms with Crippen LogP contribution in [0.2, 0.25) is 0 Å². The van der Waals surface area contributed by atoms with Gasteiger partial charge in [0.05, 0.1) is 13.2 Å². The van der Waals surface area contributed by atoms with Crippen molar-refractivity contribution in [2.24, 2.45) is 5.92 Å². The summed E-state index contributed by atoms with van der Waals surface area (Å²) in [7, 11) is 0. The molecule has 0 bridgehead atoms. The molecule has 0 saturated carbocycles. The zero-order chi connectivity index (χ0) is 12.4. The molecule has 0 rings (SSSR count). The number of carbonyl (C=O) groups is 3. The molecule has 0 aromatic heterocycles. The molecule has 16 heavy (non-hydrogen) atoms. The second-order valence-electron chi connectivity index (χ2n) is 2.74. The summed E-state index contributed by atoms with van der Waals surface area (Å²) in [5.41, 5.74) is 0. The first-order valence-electron chi connectivity index (χ1n) is 4.66. The van der Waals surface area contributed by atoms with Crippen molar-refractivity contribution in [2.45, 2.75) is 6.42 Å². The summed E-state index contributed by atoms with van der Waals surface area (Å²) in [5, 5.41) is 16.8. The van der Waals surface area contributed by atoms with Crippen molar-refractivity contribution in [1.82, 2.24) is 0 Å². The molecule has 0 amide bonds. The molecule has 0 aliphatic heterocycles. The van der Waals surface area contributed by atoms with Gasteiger partial charge in [0.25, 0.3) is 0 Å². The molecule has 7 nitrogen and oxygen atoms in total. The summed E-state index contributed by atoms with van der Waals surface area (Å²) in [6.45, 7) is -1.24. The van der Waals surface area contributed by atoms with Gasteiger partial charge in [0, 0.05) is 6.42 Å². The van der Waals surface area contributed by atoms with Crippen LogP contribution in [0.3, 0.4) is 0 Å². The summed E-state index contributed by atoms with van der Waals surface area (Å²) in [6.07, 6.45) is 0.0413. The third-order valence-electron chi connectivity index (χ3n) is 1.57. The SMILES string of the molecule is O=CCC(C(=O)OCCO)C(=O)OCCO. The van der Waals surface area contributed by atoms with Crippen molar-refractivity contribution in [3.63, 3.8) is 0 Å². The normalized spacial score (nSPS) is 9.94. The van der Waals surface area contributed by atoms with E-state index in [1.165, 1.54) is 0 Å². The van der Waals surface area contributed by atoms with Crippen LogP contribution < -0.4 is 0 Å². The number of aliphatic hydroxyl groups excluding tert-OH is 2. The maximum absolute atomic E-state index is 11.2. The Bertz CT molecular complexity index is 218. The fourth-order valence-corrected chi connectivity index (χ4v) is 0.879. The molecule has 0 fully saturated rings. The number of esters is 2. The highest BCUT2D eigenvalue weighted by atomic mass is 16.6. The Hall–Kier alpha value is -1.47. The fourth-order valence-electron chi connectivity index (χ4n) is 0.879. The smallest absolute Gasteiger partial charge is 0.320 e. The molecule has 0 heterocycles. The lowest BCUT2D eigenvalue weighted by molar-refractivity contribution is -0.164. The van der Waals surface area contributed by atoms with Gasteiger partial charge in [0.2, 0.25) is 0 Å². The lowest BCUT2D eigenvalue weighted by Gasteiger charge is -2.12. The molecule has 0 aromatic carbocycles. The molecule has 0 unspecified atom stereocenters. The predicted octanol–water partition coefficient (Wildman–Crippen LogP) is -1.74. The van der Waals surface area contributed by atoms with E-state index in [2.05, 4.69) is 9.47 Å². The summed E-state index contributed by atoms with van der Waals surface area (Å²) < 4.78 is 8.99. The number of aldehydes is 1. The molecule has 0 aromatic rings. The minimum atomic E-state index is -1.34. The summed E-state index contributed by atoms with van der Waals surface area (Å²) in [6, 6.07) is 0. The summed E-state index contributed by atoms with van der Waals surface area (Å²) in [5.74, 6) is -3.19. The zero-order valence-electron chi connectivity index (χ0n) is 8.63. The van der Waals surface area contributed by atoms with Crippen molar-refractivity contribution in [2.75, 3.05) is 26.4 Å². The van der Waals surface area contributed by atoms with Crippen LogP contribution in [0.5, 0.6) is 0 Å². The van der Waals surface area contributed by atoms with E-state index in [1.54, 1.807) is 0 Å². The molecule has 7 heteroatoms. The second kappa shape index (κ2) is 8.81. The molecule has 0 radical (unpaired) electrons. The van der Waals surface area contributed by atoms with E-state index < -0.39 is 17.9 Å². The highest BCUT2D eigenvalue weighted by Gasteiger charge is 2.29. The van der Waals surface area contributed by atoms with E-state index in [4.69, 9.17) is 10.2 Å². The van der Waals surface area contributed by atoms with Crippen molar-refractivity contribution in [3.8, 4) is 0 Å². The Morgan fingerprint density at radius 1 is 1.06 bits per heavy atom. The van der Waals surface area contributed by atoms with Gasteiger partial charge >= 0.3 is 11.9 Å². The fraction of sp³-hybridized carbons (Fsp3) is 0.667. The van der Waals surface area contributed by atoms with Gasteiger partial charge < -0.3 is 24.5 Å². The molecule has 0 atom stereocenters. The molecular weight excluding hydrogens is 220 g/mol. The quantitative estimate of drug-likeness (QED) is 0.291. The number of ether oxygens (including phenoxy) is 2. The van der Waals surface area contributed by atoms with E-state index in [1.807, 2.05) is 0 Å². The van der Waals surface area contributed by atoms with E-state index in [-0.39, 0.29) is 32.8 Å². The molecule has 92 valence electrons. The van der Waals surface area contributed by atoms with Gasteiger partial charge in [-0.05, 0) is 0 Å². The van der Waals surface area contributed by atoms with Crippen molar-refractivity contribution >= 4 is 18.2 Å². The van der Waals surface area contributed by atoms with Crippen LogP contribution in [-0.4, -0.2) is 54.9 Å². The first kappa shape index (κ1) is 14.5. The molecule has 0 saturated heterocycles. The van der Waals surface area contributed by atoms with Crippen molar-refractivity contribution < 1.29 is 34.1 Å². The van der Waals surface area contributed by atoms with Crippen LogP contribution in [-0.2, 0) is 23.9 Å². The average Bonchev–Trinajstić information content (AvgIpc) is 2.29. The average molecular weight is 234 g/mol. The van der Waals surface area contributed by atoms with Gasteiger partial charge in [-0.1, -0.05) is 0 Å². The van der Waals surface area contributed by atoms with Crippen LogP contribution in [0, 0.1) is 5.92 Å². The summed E-state index contributed by atoms with van der Waals surface area (Å²) >= 11 is 0. The zero-order valence-corrected chi connectivity index (χ0v) is 8.63. The van der Waals surface area contributed by atoms with Gasteiger partial charge in [-0.2, -0.15) is 0 Å². The molecule has 0 aliphatic rings. The monoisotopic (exact) mass is 234 g/mol. The minimum Gasteiger partial charge on any atom is -0.463 e. The number of hydrogen-bond acceptors (Lipinski definition) is 7. The third-order valence-corrected chi connectivity index (χ3v) is 1.57. The number of hydrogen-bond donors (Lipinski definition) is 2. The molecule has 0 spiro atoms. The van der Waals surface area contributed by atoms with Crippen LogP contribution >= 0.6 is 0 Å². The highest BCUT2D eigenvalue weighted by molar-refractivity contribution is 5.96. The van der Waals surface area contributed by atoms with E-state index in [0.29, 0.717) is 6.29 Å². The number of aliphatic hydroxyl groups is 2. The predicted molar refractivity (Wildman–Crippen MR) is 50.3 cm³/mol. The second-order valence-corrected chi connectivity index (χ2v) is 2.74. The topological polar surface area (TPSA) is 110 Å². The maximum atomic E-state index is 11.2. The highest BCUT2D eigenvalue weighted by Crippen LogP contribution is 2.07. The lowest BCUT2D eigenvalue weighted by Crippen LogP contribution is -2.29. The molecule has 0 aliphatic carbocycles. The first-order chi connectivity index (χ1) is 7.67. The Labute approximate surface area is 92.0 Å². The number of carbonyl (C=O) groups excluding carboxylic acids is 3. The van der Waals surface area contributed by atoms with Gasteiger partial charge in [-0.3, -0.25) is 9.59 Å². The molecule has 2 N–H and O–H groups in total. The van der Waals surface area contributed by atoms with Crippen molar-refractivity contribution in [3.05, 3.63) is 0 Å².